The van der Waals surface area contributed by atoms with Gasteiger partial charge in [-0.25, -0.2) is 4.90 Å². The van der Waals surface area contributed by atoms with Crippen LogP contribution in [-0.4, -0.2) is 28.9 Å². The highest BCUT2D eigenvalue weighted by molar-refractivity contribution is 8.00. The molecule has 0 saturated carbocycles. The quantitative estimate of drug-likeness (QED) is 0.179. The van der Waals surface area contributed by atoms with E-state index in [2.05, 4.69) is 10.6 Å². The summed E-state index contributed by atoms with van der Waals surface area (Å²) in [6.45, 7) is 1.94. The van der Waals surface area contributed by atoms with Gasteiger partial charge >= 0.3 is 0 Å². The lowest BCUT2D eigenvalue weighted by Crippen LogP contribution is -2.31. The first-order chi connectivity index (χ1) is 20.3. The molecule has 1 aliphatic heterocycles. The second-order valence-electron chi connectivity index (χ2n) is 9.63. The Hall–Kier alpha value is -4.66. The Morgan fingerprint density at radius 1 is 0.905 bits per heavy atom. The van der Waals surface area contributed by atoms with Gasteiger partial charge in [-0.05, 0) is 79.2 Å². The van der Waals surface area contributed by atoms with Crippen molar-refractivity contribution in [1.82, 2.24) is 5.32 Å². The minimum atomic E-state index is -0.542. The Kier molecular flexibility index (Phi) is 8.85. The fraction of sp³-hybridized carbons (Fsp3) is 0.0909. The van der Waals surface area contributed by atoms with Gasteiger partial charge in [-0.1, -0.05) is 59.6 Å². The molecule has 1 atom stereocenters. The number of thioether (sulfide) groups is 1. The third-order valence-corrected chi connectivity index (χ3v) is 7.91. The lowest BCUT2D eigenvalue weighted by Gasteiger charge is -2.15. The summed E-state index contributed by atoms with van der Waals surface area (Å²) in [4.78, 5) is 53.8. The van der Waals surface area contributed by atoms with Gasteiger partial charge in [0.1, 0.15) is 5.70 Å². The van der Waals surface area contributed by atoms with E-state index in [1.807, 2.05) is 19.1 Å². The monoisotopic (exact) mass is 595 g/mol. The number of aryl methyl sites for hydroxylation is 1. The van der Waals surface area contributed by atoms with Crippen molar-refractivity contribution < 1.29 is 19.2 Å². The second-order valence-corrected chi connectivity index (χ2v) is 11.3. The topological polar surface area (TPSA) is 95.6 Å². The molecule has 4 aromatic carbocycles. The van der Waals surface area contributed by atoms with Crippen LogP contribution in [0.15, 0.2) is 114 Å². The number of nitrogens with zero attached hydrogens (tertiary/aromatic N) is 1. The number of amides is 4. The zero-order valence-electron chi connectivity index (χ0n) is 22.5. The first kappa shape index (κ1) is 28.9. The summed E-state index contributed by atoms with van der Waals surface area (Å²) in [6.07, 6.45) is 1.66. The predicted octanol–water partition coefficient (Wildman–Crippen LogP) is 6.48. The molecule has 1 heterocycles. The molecule has 1 fully saturated rings. The molecule has 0 spiro atoms. The first-order valence-corrected chi connectivity index (χ1v) is 14.4. The largest absolute Gasteiger partial charge is 0.321 e. The summed E-state index contributed by atoms with van der Waals surface area (Å²) < 4.78 is 0. The van der Waals surface area contributed by atoms with E-state index in [-0.39, 0.29) is 23.9 Å². The van der Waals surface area contributed by atoms with E-state index >= 15 is 0 Å². The molecule has 7 nitrogen and oxygen atoms in total. The average molecular weight is 596 g/mol. The number of halogens is 1. The van der Waals surface area contributed by atoms with Crippen molar-refractivity contribution in [1.29, 1.82) is 0 Å². The van der Waals surface area contributed by atoms with E-state index in [4.69, 9.17) is 11.6 Å². The number of nitrogens with one attached hydrogen (secondary N) is 2. The van der Waals surface area contributed by atoms with Crippen LogP contribution in [0.3, 0.4) is 0 Å². The molecule has 1 saturated heterocycles. The molecule has 42 heavy (non-hydrogen) atoms. The molecule has 2 N–H and O–H groups in total. The molecule has 5 rings (SSSR count). The Labute approximate surface area is 252 Å². The van der Waals surface area contributed by atoms with Crippen molar-refractivity contribution >= 4 is 64.4 Å². The molecule has 0 radical (unpaired) electrons. The molecular formula is C33H26ClN3O4S. The highest BCUT2D eigenvalue weighted by Crippen LogP contribution is 2.34. The standard InChI is InChI=1S/C33H26ClN3O4S/c1-21-10-14-26(15-11-21)37-30(38)20-29(33(37)41)42-27-16-12-25(13-17-27)35-32(40)28(19-22-6-5-9-24(34)18-22)36-31(39)23-7-3-2-4-8-23/h2-19,29H,20H2,1H3,(H,35,40)(H,36,39)/b28-19-. The van der Waals surface area contributed by atoms with Crippen LogP contribution in [-0.2, 0) is 14.4 Å². The summed E-state index contributed by atoms with van der Waals surface area (Å²) in [7, 11) is 0. The van der Waals surface area contributed by atoms with E-state index in [1.54, 1.807) is 97.1 Å². The zero-order valence-corrected chi connectivity index (χ0v) is 24.1. The van der Waals surface area contributed by atoms with Crippen LogP contribution in [0.1, 0.15) is 27.9 Å². The third kappa shape index (κ3) is 6.97. The number of rotatable bonds is 8. The Balaban J connectivity index is 1.28. The highest BCUT2D eigenvalue weighted by Gasteiger charge is 2.40. The minimum Gasteiger partial charge on any atom is -0.321 e. The molecule has 1 aliphatic rings. The van der Waals surface area contributed by atoms with Crippen LogP contribution >= 0.6 is 23.4 Å². The highest BCUT2D eigenvalue weighted by atomic mass is 35.5. The van der Waals surface area contributed by atoms with Gasteiger partial charge in [0.05, 0.1) is 10.9 Å². The number of carbonyl (C=O) groups excluding carboxylic acids is 4. The number of hydrogen-bond donors (Lipinski definition) is 2. The number of anilines is 2. The molecular weight excluding hydrogens is 570 g/mol. The van der Waals surface area contributed by atoms with Gasteiger partial charge in [0, 0.05) is 27.6 Å². The normalized spacial score (nSPS) is 15.0. The lowest BCUT2D eigenvalue weighted by molar-refractivity contribution is -0.121. The van der Waals surface area contributed by atoms with E-state index < -0.39 is 17.1 Å². The second kappa shape index (κ2) is 12.9. The van der Waals surface area contributed by atoms with Crippen molar-refractivity contribution in [3.05, 3.63) is 131 Å². The third-order valence-electron chi connectivity index (χ3n) is 6.48. The fourth-order valence-electron chi connectivity index (χ4n) is 4.35. The molecule has 1 unspecified atom stereocenters. The van der Waals surface area contributed by atoms with Gasteiger partial charge in [0.15, 0.2) is 0 Å². The summed E-state index contributed by atoms with van der Waals surface area (Å²) in [6, 6.07) is 29.7. The summed E-state index contributed by atoms with van der Waals surface area (Å²) in [5, 5.41) is 5.46. The van der Waals surface area contributed by atoms with E-state index in [0.717, 1.165) is 10.5 Å². The SMILES string of the molecule is Cc1ccc(N2C(=O)CC(Sc3ccc(NC(=O)/C(=C/c4cccc(Cl)c4)NC(=O)c4ccccc4)cc3)C2=O)cc1. The maximum absolute atomic E-state index is 13.3. The van der Waals surface area contributed by atoms with Crippen molar-refractivity contribution in [2.24, 2.45) is 0 Å². The average Bonchev–Trinajstić information content (AvgIpc) is 3.26. The maximum atomic E-state index is 13.3. The van der Waals surface area contributed by atoms with Gasteiger partial charge in [-0.15, -0.1) is 11.8 Å². The lowest BCUT2D eigenvalue weighted by atomic mass is 10.1. The number of carbonyl (C=O) groups is 4. The summed E-state index contributed by atoms with van der Waals surface area (Å²) >= 11 is 7.42. The van der Waals surface area contributed by atoms with Crippen LogP contribution in [0.25, 0.3) is 6.08 Å². The summed E-state index contributed by atoms with van der Waals surface area (Å²) in [5.74, 6) is -1.44. The molecule has 9 heteroatoms. The minimum absolute atomic E-state index is 0.0378. The van der Waals surface area contributed by atoms with Gasteiger partial charge in [0.2, 0.25) is 11.8 Å². The predicted molar refractivity (Wildman–Crippen MR) is 166 cm³/mol. The van der Waals surface area contributed by atoms with Crippen LogP contribution in [0, 0.1) is 6.92 Å². The zero-order chi connectivity index (χ0) is 29.6. The maximum Gasteiger partial charge on any atom is 0.272 e. The van der Waals surface area contributed by atoms with E-state index in [0.29, 0.717) is 27.5 Å². The summed E-state index contributed by atoms with van der Waals surface area (Å²) in [5.41, 5.74) is 3.19. The van der Waals surface area contributed by atoms with Crippen molar-refractivity contribution in [2.75, 3.05) is 10.2 Å². The fourth-order valence-corrected chi connectivity index (χ4v) is 5.60. The molecule has 0 aromatic heterocycles. The van der Waals surface area contributed by atoms with Crippen LogP contribution in [0.4, 0.5) is 11.4 Å². The molecule has 4 amide bonds. The van der Waals surface area contributed by atoms with Crippen LogP contribution < -0.4 is 15.5 Å². The van der Waals surface area contributed by atoms with Crippen LogP contribution in [0.5, 0.6) is 0 Å². The van der Waals surface area contributed by atoms with E-state index in [1.165, 1.54) is 16.7 Å². The number of hydrogen-bond acceptors (Lipinski definition) is 5. The first-order valence-electron chi connectivity index (χ1n) is 13.1. The van der Waals surface area contributed by atoms with Gasteiger partial charge < -0.3 is 10.6 Å². The van der Waals surface area contributed by atoms with Crippen molar-refractivity contribution in [2.45, 2.75) is 23.5 Å². The molecule has 210 valence electrons. The molecule has 0 bridgehead atoms. The van der Waals surface area contributed by atoms with Crippen molar-refractivity contribution in [3.8, 4) is 0 Å². The Morgan fingerprint density at radius 3 is 2.31 bits per heavy atom. The van der Waals surface area contributed by atoms with Gasteiger partial charge in [-0.3, -0.25) is 19.2 Å². The Morgan fingerprint density at radius 2 is 1.62 bits per heavy atom. The smallest absolute Gasteiger partial charge is 0.272 e. The Bertz CT molecular complexity index is 1670. The molecule has 0 aliphatic carbocycles. The van der Waals surface area contributed by atoms with Crippen molar-refractivity contribution in [3.63, 3.8) is 0 Å². The van der Waals surface area contributed by atoms with Crippen LogP contribution in [0.2, 0.25) is 5.02 Å². The number of benzene rings is 4. The van der Waals surface area contributed by atoms with Gasteiger partial charge in [0.25, 0.3) is 11.8 Å². The molecule has 4 aromatic rings. The number of imide groups is 1. The van der Waals surface area contributed by atoms with E-state index in [9.17, 15) is 19.2 Å². The van der Waals surface area contributed by atoms with Gasteiger partial charge in [-0.2, -0.15) is 0 Å².